The number of pyridine rings is 1. The molecule has 3 N–H and O–H groups in total. The smallest absolute Gasteiger partial charge is 0.255 e. The highest BCUT2D eigenvalue weighted by atomic mass is 35.5. The summed E-state index contributed by atoms with van der Waals surface area (Å²) in [5, 5.41) is 6.79. The molecule has 0 radical (unpaired) electrons. The van der Waals surface area contributed by atoms with E-state index in [0.29, 0.717) is 65.0 Å². The molecule has 9 nitrogen and oxygen atoms in total. The number of hydrogen-bond donors (Lipinski definition) is 3. The standard InChI is InChI=1S/C30H31ClN6O3/c1-36(2)16-5-8-25(38)37-17-13-20(37)10-9-19-18-32-14-11-21(19)27-28(26-23(34-27)12-15-33-30(26)39)35-24-7-4-6-22(31)29(24)40-3/h4-8,11,14,18,20,34-35H,12-13,15-17H2,1-3H3,(H,33,39)/b8-5+/t20-/m0/s1. The van der Waals surface area contributed by atoms with E-state index in [4.69, 9.17) is 16.3 Å². The topological polar surface area (TPSA) is 103 Å². The molecule has 0 aliphatic carbocycles. The number of likely N-dealkylation sites (tertiary alicyclic amines) is 1. The number of anilines is 2. The number of halogens is 1. The predicted molar refractivity (Wildman–Crippen MR) is 156 cm³/mol. The fourth-order valence-electron chi connectivity index (χ4n) is 4.79. The van der Waals surface area contributed by atoms with E-state index in [0.717, 1.165) is 17.7 Å². The minimum absolute atomic E-state index is 0.0381. The molecule has 2 aliphatic rings. The molecule has 0 spiro atoms. The van der Waals surface area contributed by atoms with Gasteiger partial charge in [-0.25, -0.2) is 0 Å². The Bertz CT molecular complexity index is 1530. The van der Waals surface area contributed by atoms with Crippen LogP contribution < -0.4 is 15.4 Å². The summed E-state index contributed by atoms with van der Waals surface area (Å²) >= 11 is 6.38. The van der Waals surface area contributed by atoms with Crippen molar-refractivity contribution < 1.29 is 14.3 Å². The van der Waals surface area contributed by atoms with Crippen molar-refractivity contribution in [3.8, 4) is 28.8 Å². The first kappa shape index (κ1) is 27.3. The number of aromatic amines is 1. The summed E-state index contributed by atoms with van der Waals surface area (Å²) in [6, 6.07) is 7.11. The molecular formula is C30H31ClN6O3. The lowest BCUT2D eigenvalue weighted by Gasteiger charge is -2.36. The minimum atomic E-state index is -0.167. The third-order valence-corrected chi connectivity index (χ3v) is 7.19. The van der Waals surface area contributed by atoms with E-state index in [9.17, 15) is 9.59 Å². The zero-order valence-corrected chi connectivity index (χ0v) is 23.4. The van der Waals surface area contributed by atoms with Crippen LogP contribution in [0, 0.1) is 11.8 Å². The van der Waals surface area contributed by atoms with Gasteiger partial charge in [0.25, 0.3) is 5.91 Å². The highest BCUT2D eigenvalue weighted by molar-refractivity contribution is 6.32. The largest absolute Gasteiger partial charge is 0.493 e. The second-order valence-electron chi connectivity index (χ2n) is 9.87. The number of amides is 2. The Morgan fingerprint density at radius 1 is 1.35 bits per heavy atom. The minimum Gasteiger partial charge on any atom is -0.493 e. The highest BCUT2D eigenvalue weighted by Crippen LogP contribution is 2.41. The van der Waals surface area contributed by atoms with Crippen molar-refractivity contribution in [2.24, 2.45) is 0 Å². The van der Waals surface area contributed by atoms with Gasteiger partial charge in [0.15, 0.2) is 5.75 Å². The van der Waals surface area contributed by atoms with Gasteiger partial charge in [-0.1, -0.05) is 35.6 Å². The molecule has 0 bridgehead atoms. The van der Waals surface area contributed by atoms with Crippen LogP contribution in [0.3, 0.4) is 0 Å². The van der Waals surface area contributed by atoms with Crippen LogP contribution in [0.1, 0.15) is 28.0 Å². The van der Waals surface area contributed by atoms with Crippen molar-refractivity contribution in [1.82, 2.24) is 25.1 Å². The number of aromatic nitrogens is 2. The SMILES string of the molecule is COc1c(Cl)cccc1Nc1c(-c2ccncc2C#C[C@H]2CCN2C(=O)/C=C/CN(C)C)[nH]c2c1C(=O)NCC2. The molecule has 1 fully saturated rings. The number of methoxy groups -OCH3 is 1. The Labute approximate surface area is 238 Å². The van der Waals surface area contributed by atoms with Gasteiger partial charge in [0, 0.05) is 55.8 Å². The van der Waals surface area contributed by atoms with E-state index in [1.54, 1.807) is 36.5 Å². The first-order valence-electron chi connectivity index (χ1n) is 13.1. The second kappa shape index (κ2) is 11.9. The molecule has 1 saturated heterocycles. The van der Waals surface area contributed by atoms with Gasteiger partial charge in [0.1, 0.15) is 0 Å². The zero-order chi connectivity index (χ0) is 28.2. The number of carbonyl (C=O) groups excluding carboxylic acids is 2. The van der Waals surface area contributed by atoms with E-state index in [-0.39, 0.29) is 17.9 Å². The quantitative estimate of drug-likeness (QED) is 0.301. The Balaban J connectivity index is 1.50. The molecule has 5 rings (SSSR count). The van der Waals surface area contributed by atoms with Crippen LogP contribution >= 0.6 is 11.6 Å². The van der Waals surface area contributed by atoms with Gasteiger partial charge >= 0.3 is 0 Å². The van der Waals surface area contributed by atoms with E-state index in [2.05, 4.69) is 32.4 Å². The molecule has 1 atom stereocenters. The van der Waals surface area contributed by atoms with Crippen molar-refractivity contribution in [3.05, 3.63) is 70.7 Å². The maximum absolute atomic E-state index is 13.0. The maximum atomic E-state index is 13.0. The first-order valence-corrected chi connectivity index (χ1v) is 13.5. The van der Waals surface area contributed by atoms with Crippen molar-refractivity contribution in [3.63, 3.8) is 0 Å². The van der Waals surface area contributed by atoms with Crippen molar-refractivity contribution in [2.45, 2.75) is 18.9 Å². The lowest BCUT2D eigenvalue weighted by Crippen LogP contribution is -2.49. The molecule has 2 amide bonds. The summed E-state index contributed by atoms with van der Waals surface area (Å²) in [5.74, 6) is 6.79. The fraction of sp³-hybridized carbons (Fsp3) is 0.300. The number of para-hydroxylation sites is 1. The van der Waals surface area contributed by atoms with Gasteiger partial charge in [0.2, 0.25) is 5.91 Å². The average Bonchev–Trinajstić information content (AvgIpc) is 3.27. The van der Waals surface area contributed by atoms with Gasteiger partial charge < -0.3 is 30.2 Å². The second-order valence-corrected chi connectivity index (χ2v) is 10.3. The number of H-pyrrole nitrogens is 1. The van der Waals surface area contributed by atoms with E-state index >= 15 is 0 Å². The molecule has 3 aromatic rings. The lowest BCUT2D eigenvalue weighted by molar-refractivity contribution is -0.131. The van der Waals surface area contributed by atoms with Crippen molar-refractivity contribution >= 4 is 34.8 Å². The van der Waals surface area contributed by atoms with Crippen molar-refractivity contribution in [1.29, 1.82) is 0 Å². The van der Waals surface area contributed by atoms with Crippen molar-refractivity contribution in [2.75, 3.05) is 46.2 Å². The Kier molecular flexibility index (Phi) is 8.10. The Morgan fingerprint density at radius 2 is 2.20 bits per heavy atom. The molecule has 4 heterocycles. The van der Waals surface area contributed by atoms with Gasteiger partial charge in [-0.05, 0) is 38.7 Å². The summed E-state index contributed by atoms with van der Waals surface area (Å²) in [7, 11) is 5.46. The van der Waals surface area contributed by atoms with Gasteiger partial charge in [-0.2, -0.15) is 0 Å². The number of benzene rings is 1. The van der Waals surface area contributed by atoms with Crippen LogP contribution in [0.2, 0.25) is 5.02 Å². The summed E-state index contributed by atoms with van der Waals surface area (Å²) < 4.78 is 5.54. The van der Waals surface area contributed by atoms with Crippen LogP contribution in [-0.4, -0.2) is 78.5 Å². The zero-order valence-electron chi connectivity index (χ0n) is 22.7. The Morgan fingerprint density at radius 3 is 2.95 bits per heavy atom. The normalized spacial score (nSPS) is 16.2. The summed E-state index contributed by atoms with van der Waals surface area (Å²) in [6.07, 6.45) is 8.34. The number of fused-ring (bicyclic) bond motifs is 1. The number of ether oxygens (including phenoxy) is 1. The molecule has 0 saturated carbocycles. The van der Waals surface area contributed by atoms with Crippen LogP contribution in [0.4, 0.5) is 11.4 Å². The first-order chi connectivity index (χ1) is 19.4. The molecule has 206 valence electrons. The van der Waals surface area contributed by atoms with Crippen LogP contribution in [0.5, 0.6) is 5.75 Å². The molecule has 1 aromatic carbocycles. The third kappa shape index (κ3) is 5.55. The molecule has 10 heteroatoms. The van der Waals surface area contributed by atoms with Crippen LogP contribution in [0.15, 0.2) is 48.8 Å². The number of likely N-dealkylation sites (N-methyl/N-ethyl adjacent to an activating group) is 1. The molecule has 2 aliphatic heterocycles. The maximum Gasteiger partial charge on any atom is 0.255 e. The van der Waals surface area contributed by atoms with Gasteiger partial charge in [0.05, 0.1) is 46.4 Å². The van der Waals surface area contributed by atoms with E-state index in [1.165, 1.54) is 0 Å². The number of nitrogens with zero attached hydrogens (tertiary/aromatic N) is 3. The van der Waals surface area contributed by atoms with E-state index in [1.807, 2.05) is 43.3 Å². The fourth-order valence-corrected chi connectivity index (χ4v) is 5.04. The Hall–Kier alpha value is -4.26. The monoisotopic (exact) mass is 558 g/mol. The number of hydrogen-bond acceptors (Lipinski definition) is 6. The predicted octanol–water partition coefficient (Wildman–Crippen LogP) is 3.84. The number of rotatable bonds is 7. The van der Waals surface area contributed by atoms with E-state index < -0.39 is 0 Å². The summed E-state index contributed by atoms with van der Waals surface area (Å²) in [6.45, 7) is 1.92. The summed E-state index contributed by atoms with van der Waals surface area (Å²) in [4.78, 5) is 37.2. The van der Waals surface area contributed by atoms with Gasteiger partial charge in [-0.3, -0.25) is 14.6 Å². The van der Waals surface area contributed by atoms with Crippen LogP contribution in [-0.2, 0) is 11.2 Å². The molecular weight excluding hydrogens is 528 g/mol. The number of nitrogens with one attached hydrogen (secondary N) is 3. The number of carbonyl (C=O) groups is 2. The summed E-state index contributed by atoms with van der Waals surface area (Å²) in [5.41, 5.74) is 4.79. The van der Waals surface area contributed by atoms with Crippen LogP contribution in [0.25, 0.3) is 11.3 Å². The molecule has 2 aromatic heterocycles. The molecule has 0 unspecified atom stereocenters. The van der Waals surface area contributed by atoms with Gasteiger partial charge in [-0.15, -0.1) is 0 Å². The lowest BCUT2D eigenvalue weighted by atomic mass is 10.0. The molecule has 40 heavy (non-hydrogen) atoms. The highest BCUT2D eigenvalue weighted by Gasteiger charge is 2.30. The third-order valence-electron chi connectivity index (χ3n) is 6.89. The average molecular weight is 559 g/mol.